The zero-order valence-corrected chi connectivity index (χ0v) is 15.7. The van der Waals surface area contributed by atoms with Gasteiger partial charge in [-0.25, -0.2) is 0 Å². The minimum atomic E-state index is -0.984. The molecule has 0 aliphatic heterocycles. The first-order chi connectivity index (χ1) is 12.3. The van der Waals surface area contributed by atoms with Crippen molar-refractivity contribution in [3.63, 3.8) is 0 Å². The number of hydrogen-bond acceptors (Lipinski definition) is 7. The number of carbonyl (C=O) groups is 2. The van der Waals surface area contributed by atoms with Crippen molar-refractivity contribution >= 4 is 23.1 Å². The highest BCUT2D eigenvalue weighted by molar-refractivity contribution is 5.98. The molecule has 0 saturated carbocycles. The molecule has 1 amide bonds. The second kappa shape index (κ2) is 8.67. The number of carbonyl (C=O) groups excluding carboxylic acids is 2. The molecule has 0 fully saturated rings. The van der Waals surface area contributed by atoms with E-state index >= 15 is 0 Å². The van der Waals surface area contributed by atoms with Crippen LogP contribution in [0.5, 0.6) is 0 Å². The maximum absolute atomic E-state index is 12.5. The van der Waals surface area contributed by atoms with E-state index in [1.165, 1.54) is 0 Å². The Labute approximate surface area is 156 Å². The van der Waals surface area contributed by atoms with Crippen LogP contribution in [0.3, 0.4) is 0 Å². The number of nitrogens with two attached hydrogens (primary N) is 1. The number of rotatable bonds is 9. The normalized spacial score (nSPS) is 12.5. The van der Waals surface area contributed by atoms with E-state index in [2.05, 4.69) is 5.32 Å². The van der Waals surface area contributed by atoms with E-state index in [0.29, 0.717) is 6.42 Å². The fourth-order valence-electron chi connectivity index (χ4n) is 2.56. The van der Waals surface area contributed by atoms with E-state index in [9.17, 15) is 29.8 Å². The number of nitro groups is 2. The second-order valence-corrected chi connectivity index (χ2v) is 7.46. The van der Waals surface area contributed by atoms with Crippen LogP contribution < -0.4 is 11.1 Å². The van der Waals surface area contributed by atoms with Gasteiger partial charge in [0.1, 0.15) is 0 Å². The number of benzene rings is 1. The van der Waals surface area contributed by atoms with Gasteiger partial charge in [0, 0.05) is 29.7 Å². The molecule has 0 aromatic heterocycles. The van der Waals surface area contributed by atoms with Gasteiger partial charge in [0.25, 0.3) is 11.4 Å². The highest BCUT2D eigenvalue weighted by atomic mass is 16.6. The summed E-state index contributed by atoms with van der Waals surface area (Å²) in [6, 6.07) is 2.03. The van der Waals surface area contributed by atoms with E-state index in [1.807, 2.05) is 13.8 Å². The van der Waals surface area contributed by atoms with E-state index in [1.54, 1.807) is 13.8 Å². The highest BCUT2D eigenvalue weighted by Crippen LogP contribution is 2.25. The van der Waals surface area contributed by atoms with Gasteiger partial charge in [0.05, 0.1) is 22.0 Å². The molecule has 0 saturated heterocycles. The number of nitrogens with zero attached hydrogens (tertiary/aromatic N) is 2. The monoisotopic (exact) mass is 380 g/mol. The molecule has 0 radical (unpaired) electrons. The molecule has 10 heteroatoms. The smallest absolute Gasteiger partial charge is 0.277 e. The van der Waals surface area contributed by atoms with Gasteiger partial charge in [-0.15, -0.1) is 0 Å². The first kappa shape index (κ1) is 22.2. The molecule has 0 aliphatic carbocycles. The van der Waals surface area contributed by atoms with Crippen molar-refractivity contribution in [1.82, 2.24) is 5.32 Å². The molecule has 0 spiro atoms. The highest BCUT2D eigenvalue weighted by Gasteiger charge is 2.29. The lowest BCUT2D eigenvalue weighted by atomic mass is 9.93. The molecule has 0 aliphatic rings. The summed E-state index contributed by atoms with van der Waals surface area (Å²) in [5, 5.41) is 24.6. The predicted molar refractivity (Wildman–Crippen MR) is 98.4 cm³/mol. The van der Waals surface area contributed by atoms with Crippen LogP contribution in [-0.2, 0) is 4.79 Å². The summed E-state index contributed by atoms with van der Waals surface area (Å²) in [6.07, 6.45) is 0.276. The summed E-state index contributed by atoms with van der Waals surface area (Å²) in [7, 11) is 0. The summed E-state index contributed by atoms with van der Waals surface area (Å²) < 4.78 is 0. The number of Topliss-reactive ketones (excluding diaryl/α,β-unsaturated/α-hetero) is 1. The lowest BCUT2D eigenvalue weighted by Crippen LogP contribution is -2.51. The number of hydrogen-bond donors (Lipinski definition) is 2. The molecule has 1 unspecified atom stereocenters. The number of nitro benzene ring substituents is 2. The minimum Gasteiger partial charge on any atom is -0.349 e. The largest absolute Gasteiger partial charge is 0.349 e. The quantitative estimate of drug-likeness (QED) is 0.378. The molecular formula is C17H24N4O6. The Hall–Kier alpha value is -2.88. The maximum atomic E-state index is 12.5. The number of amides is 1. The maximum Gasteiger partial charge on any atom is 0.277 e. The Bertz CT molecular complexity index is 728. The van der Waals surface area contributed by atoms with Gasteiger partial charge in [-0.2, -0.15) is 0 Å². The molecule has 1 aromatic carbocycles. The Morgan fingerprint density at radius 2 is 1.59 bits per heavy atom. The average Bonchev–Trinajstić information content (AvgIpc) is 2.52. The van der Waals surface area contributed by atoms with Crippen LogP contribution in [0, 0.1) is 26.1 Å². The third-order valence-electron chi connectivity index (χ3n) is 3.77. The molecule has 3 N–H and O–H groups in total. The van der Waals surface area contributed by atoms with Crippen LogP contribution in [0.2, 0.25) is 0 Å². The third kappa shape index (κ3) is 6.74. The fourth-order valence-corrected chi connectivity index (χ4v) is 2.56. The van der Waals surface area contributed by atoms with E-state index < -0.39 is 44.5 Å². The van der Waals surface area contributed by atoms with Crippen molar-refractivity contribution in [2.24, 2.45) is 11.7 Å². The lowest BCUT2D eigenvalue weighted by Gasteiger charge is -2.27. The SMILES string of the molecule is CC(C)CC(N)C(=O)NC(C)(C)CC(=O)c1cc([N+](=O)[O-])cc([N+](=O)[O-])c1. The summed E-state index contributed by atoms with van der Waals surface area (Å²) in [5.74, 6) is -0.753. The first-order valence-corrected chi connectivity index (χ1v) is 8.37. The van der Waals surface area contributed by atoms with Gasteiger partial charge in [-0.05, 0) is 26.2 Å². The van der Waals surface area contributed by atoms with Crippen molar-refractivity contribution in [3.05, 3.63) is 44.0 Å². The molecule has 27 heavy (non-hydrogen) atoms. The fraction of sp³-hybridized carbons (Fsp3) is 0.529. The molecule has 1 aromatic rings. The average molecular weight is 380 g/mol. The zero-order valence-electron chi connectivity index (χ0n) is 15.7. The van der Waals surface area contributed by atoms with Crippen LogP contribution in [-0.4, -0.2) is 33.1 Å². The third-order valence-corrected chi connectivity index (χ3v) is 3.77. The predicted octanol–water partition coefficient (Wildman–Crippen LogP) is 2.34. The van der Waals surface area contributed by atoms with Gasteiger partial charge in [0.15, 0.2) is 5.78 Å². The molecule has 0 heterocycles. The van der Waals surface area contributed by atoms with Gasteiger partial charge >= 0.3 is 0 Å². The summed E-state index contributed by atoms with van der Waals surface area (Å²) in [4.78, 5) is 45.0. The van der Waals surface area contributed by atoms with Crippen molar-refractivity contribution in [1.29, 1.82) is 0 Å². The first-order valence-electron chi connectivity index (χ1n) is 8.37. The molecule has 148 valence electrons. The van der Waals surface area contributed by atoms with Gasteiger partial charge < -0.3 is 11.1 Å². The molecule has 1 rings (SSSR count). The minimum absolute atomic E-state index is 0.162. The van der Waals surface area contributed by atoms with Crippen molar-refractivity contribution in [3.8, 4) is 0 Å². The second-order valence-electron chi connectivity index (χ2n) is 7.46. The number of nitrogens with one attached hydrogen (secondary N) is 1. The zero-order chi connectivity index (χ0) is 20.9. The van der Waals surface area contributed by atoms with Crippen molar-refractivity contribution in [2.75, 3.05) is 0 Å². The number of non-ortho nitro benzene ring substituents is 2. The van der Waals surface area contributed by atoms with Gasteiger partial charge in [-0.3, -0.25) is 29.8 Å². The standard InChI is InChI=1S/C17H24N4O6/c1-10(2)5-14(18)16(23)19-17(3,4)9-15(22)11-6-12(20(24)25)8-13(7-11)21(26)27/h6-8,10,14H,5,9,18H2,1-4H3,(H,19,23). The number of ketones is 1. The van der Waals surface area contributed by atoms with Crippen LogP contribution in [0.1, 0.15) is 50.9 Å². The van der Waals surface area contributed by atoms with Gasteiger partial charge in [-0.1, -0.05) is 13.8 Å². The molecular weight excluding hydrogens is 356 g/mol. The Kier molecular flexibility index (Phi) is 7.12. The summed E-state index contributed by atoms with van der Waals surface area (Å²) in [5.41, 5.74) is 3.58. The molecule has 0 bridgehead atoms. The Morgan fingerprint density at radius 3 is 2.00 bits per heavy atom. The Balaban J connectivity index is 2.98. The van der Waals surface area contributed by atoms with Gasteiger partial charge in [0.2, 0.25) is 5.91 Å². The summed E-state index contributed by atoms with van der Waals surface area (Å²) in [6.45, 7) is 7.07. The Morgan fingerprint density at radius 1 is 1.11 bits per heavy atom. The van der Waals surface area contributed by atoms with Crippen LogP contribution >= 0.6 is 0 Å². The van der Waals surface area contributed by atoms with Crippen molar-refractivity contribution < 1.29 is 19.4 Å². The lowest BCUT2D eigenvalue weighted by molar-refractivity contribution is -0.394. The molecule has 10 nitrogen and oxygen atoms in total. The van der Waals surface area contributed by atoms with Crippen LogP contribution in [0.4, 0.5) is 11.4 Å². The molecule has 1 atom stereocenters. The van der Waals surface area contributed by atoms with Crippen LogP contribution in [0.25, 0.3) is 0 Å². The van der Waals surface area contributed by atoms with E-state index in [4.69, 9.17) is 5.73 Å². The topological polar surface area (TPSA) is 158 Å². The van der Waals surface area contributed by atoms with E-state index in [-0.39, 0.29) is 17.9 Å². The van der Waals surface area contributed by atoms with E-state index in [0.717, 1.165) is 18.2 Å². The van der Waals surface area contributed by atoms with Crippen LogP contribution in [0.15, 0.2) is 18.2 Å². The van der Waals surface area contributed by atoms with Crippen molar-refractivity contribution in [2.45, 2.75) is 52.1 Å². The summed E-state index contributed by atoms with van der Waals surface area (Å²) >= 11 is 0.